The molecule has 1 fully saturated rings. The third-order valence-electron chi connectivity index (χ3n) is 4.20. The predicted octanol–water partition coefficient (Wildman–Crippen LogP) is 1.48. The van der Waals surface area contributed by atoms with Gasteiger partial charge in [0.1, 0.15) is 11.6 Å². The summed E-state index contributed by atoms with van der Waals surface area (Å²) in [6.07, 6.45) is 1.91. The Morgan fingerprint density at radius 1 is 1.42 bits per heavy atom. The van der Waals surface area contributed by atoms with E-state index >= 15 is 0 Å². The lowest BCUT2D eigenvalue weighted by atomic mass is 10.2. The first-order chi connectivity index (χ1) is 12.3. The Labute approximate surface area is 154 Å². The lowest BCUT2D eigenvalue weighted by Crippen LogP contribution is -2.35. The molecule has 7 nitrogen and oxygen atoms in total. The van der Waals surface area contributed by atoms with Crippen LogP contribution in [0.4, 0.5) is 5.69 Å². The van der Waals surface area contributed by atoms with Crippen molar-refractivity contribution in [2.75, 3.05) is 37.1 Å². The summed E-state index contributed by atoms with van der Waals surface area (Å²) in [6.45, 7) is 2.71. The van der Waals surface area contributed by atoms with Gasteiger partial charge in [-0.15, -0.1) is 0 Å². The summed E-state index contributed by atoms with van der Waals surface area (Å²) in [5.74, 6) is -0.391. The van der Waals surface area contributed by atoms with E-state index in [1.807, 2.05) is 25.1 Å². The zero-order valence-electron chi connectivity index (χ0n) is 14.9. The van der Waals surface area contributed by atoms with Crippen LogP contribution in [-0.2, 0) is 19.4 Å². The molecule has 0 radical (unpaired) electrons. The van der Waals surface area contributed by atoms with Crippen molar-refractivity contribution in [1.82, 2.24) is 4.90 Å². The molecule has 140 valence electrons. The highest BCUT2D eigenvalue weighted by atomic mass is 32.2. The molecule has 26 heavy (non-hydrogen) atoms. The molecular formula is C18H23N3O4S. The summed E-state index contributed by atoms with van der Waals surface area (Å²) >= 11 is 0. The van der Waals surface area contributed by atoms with E-state index in [2.05, 4.69) is 5.32 Å². The molecule has 1 heterocycles. The number of carbonyl (C=O) groups excluding carboxylic acids is 1. The van der Waals surface area contributed by atoms with Gasteiger partial charge < -0.3 is 15.0 Å². The molecule has 1 unspecified atom stereocenters. The molecule has 0 saturated carbocycles. The number of ether oxygens (including phenoxy) is 1. The van der Waals surface area contributed by atoms with Gasteiger partial charge in [-0.3, -0.25) is 4.79 Å². The Kier molecular flexibility index (Phi) is 6.77. The van der Waals surface area contributed by atoms with Crippen LogP contribution in [0.2, 0.25) is 0 Å². The average molecular weight is 377 g/mol. The number of nitriles is 1. The van der Waals surface area contributed by atoms with Crippen molar-refractivity contribution in [3.63, 3.8) is 0 Å². The Bertz CT molecular complexity index is 810. The summed E-state index contributed by atoms with van der Waals surface area (Å²) in [7, 11) is -1.53. The summed E-state index contributed by atoms with van der Waals surface area (Å²) < 4.78 is 28.6. The fourth-order valence-electron chi connectivity index (χ4n) is 2.73. The molecule has 0 spiro atoms. The van der Waals surface area contributed by atoms with E-state index in [1.54, 1.807) is 24.1 Å². The van der Waals surface area contributed by atoms with E-state index in [-0.39, 0.29) is 23.1 Å². The minimum absolute atomic E-state index is 0.0193. The minimum Gasteiger partial charge on any atom is -0.383 e. The minimum atomic E-state index is -3.08. The lowest BCUT2D eigenvalue weighted by Gasteiger charge is -2.26. The molecule has 1 aliphatic heterocycles. The Balaban J connectivity index is 2.16. The topological polar surface area (TPSA) is 99.5 Å². The Morgan fingerprint density at radius 3 is 2.65 bits per heavy atom. The maximum atomic E-state index is 12.4. The first kappa shape index (κ1) is 19.9. The number of hydrogen-bond acceptors (Lipinski definition) is 6. The Morgan fingerprint density at radius 2 is 2.12 bits per heavy atom. The van der Waals surface area contributed by atoms with Crippen LogP contribution in [0.25, 0.3) is 0 Å². The number of methoxy groups -OCH3 is 1. The fourth-order valence-corrected chi connectivity index (χ4v) is 4.47. The highest BCUT2D eigenvalue weighted by Crippen LogP contribution is 2.19. The van der Waals surface area contributed by atoms with E-state index in [9.17, 15) is 18.5 Å². The summed E-state index contributed by atoms with van der Waals surface area (Å²) in [4.78, 5) is 14.1. The number of sulfone groups is 1. The largest absolute Gasteiger partial charge is 0.383 e. The van der Waals surface area contributed by atoms with Gasteiger partial charge in [0.2, 0.25) is 0 Å². The van der Waals surface area contributed by atoms with Crippen molar-refractivity contribution in [3.8, 4) is 6.07 Å². The van der Waals surface area contributed by atoms with Crippen molar-refractivity contribution in [3.05, 3.63) is 41.6 Å². The van der Waals surface area contributed by atoms with E-state index in [0.29, 0.717) is 25.3 Å². The van der Waals surface area contributed by atoms with Gasteiger partial charge in [-0.05, 0) is 25.5 Å². The molecular weight excluding hydrogens is 354 g/mol. The predicted molar refractivity (Wildman–Crippen MR) is 99.1 cm³/mol. The number of anilines is 1. The normalized spacial score (nSPS) is 19.0. The van der Waals surface area contributed by atoms with Gasteiger partial charge in [0, 0.05) is 31.6 Å². The van der Waals surface area contributed by atoms with Crippen LogP contribution in [-0.4, -0.2) is 57.0 Å². The maximum Gasteiger partial charge on any atom is 0.267 e. The highest BCUT2D eigenvalue weighted by molar-refractivity contribution is 7.91. The zero-order valence-corrected chi connectivity index (χ0v) is 15.8. The van der Waals surface area contributed by atoms with Crippen LogP contribution in [0.1, 0.15) is 12.0 Å². The second-order valence-electron chi connectivity index (χ2n) is 6.26. The van der Waals surface area contributed by atoms with Crippen LogP contribution in [0, 0.1) is 18.3 Å². The van der Waals surface area contributed by atoms with Gasteiger partial charge in [-0.2, -0.15) is 5.26 Å². The maximum absolute atomic E-state index is 12.4. The van der Waals surface area contributed by atoms with Gasteiger partial charge in [0.25, 0.3) is 5.91 Å². The molecule has 2 rings (SSSR count). The number of nitrogens with one attached hydrogen (secondary N) is 1. The zero-order chi connectivity index (χ0) is 19.2. The SMILES string of the molecule is COCCN(/C=C(/C#N)C(=O)Nc1ccc(C)cc1)C1CCS(=O)(=O)C1. The first-order valence-electron chi connectivity index (χ1n) is 8.29. The van der Waals surface area contributed by atoms with Crippen LogP contribution in [0.5, 0.6) is 0 Å². The smallest absolute Gasteiger partial charge is 0.267 e. The van der Waals surface area contributed by atoms with Gasteiger partial charge in [-0.25, -0.2) is 8.42 Å². The molecule has 1 saturated heterocycles. The second kappa shape index (κ2) is 8.83. The molecule has 1 aromatic rings. The molecule has 1 aromatic carbocycles. The quantitative estimate of drug-likeness (QED) is 0.571. The lowest BCUT2D eigenvalue weighted by molar-refractivity contribution is -0.112. The second-order valence-corrected chi connectivity index (χ2v) is 8.49. The summed E-state index contributed by atoms with van der Waals surface area (Å²) in [5, 5.41) is 12.1. The molecule has 8 heteroatoms. The van der Waals surface area contributed by atoms with Crippen molar-refractivity contribution in [2.24, 2.45) is 0 Å². The van der Waals surface area contributed by atoms with Crippen LogP contribution in [0.3, 0.4) is 0 Å². The fraction of sp³-hybridized carbons (Fsp3) is 0.444. The third-order valence-corrected chi connectivity index (χ3v) is 5.95. The number of rotatable bonds is 7. The van der Waals surface area contributed by atoms with Gasteiger partial charge >= 0.3 is 0 Å². The number of benzene rings is 1. The van der Waals surface area contributed by atoms with Crippen molar-refractivity contribution >= 4 is 21.4 Å². The number of carbonyl (C=O) groups is 1. The van der Waals surface area contributed by atoms with Crippen LogP contribution < -0.4 is 5.32 Å². The van der Waals surface area contributed by atoms with Crippen LogP contribution >= 0.6 is 0 Å². The van der Waals surface area contributed by atoms with Gasteiger partial charge in [0.05, 0.1) is 18.1 Å². The number of aryl methyl sites for hydroxylation is 1. The number of nitrogens with zero attached hydrogens (tertiary/aromatic N) is 2. The van der Waals surface area contributed by atoms with Crippen LogP contribution in [0.15, 0.2) is 36.0 Å². The Hall–Kier alpha value is -2.37. The van der Waals surface area contributed by atoms with E-state index in [0.717, 1.165) is 5.56 Å². The van der Waals surface area contributed by atoms with Gasteiger partial charge in [-0.1, -0.05) is 17.7 Å². The first-order valence-corrected chi connectivity index (χ1v) is 10.1. The van der Waals surface area contributed by atoms with Crippen molar-refractivity contribution in [1.29, 1.82) is 5.26 Å². The van der Waals surface area contributed by atoms with Crippen molar-refractivity contribution < 1.29 is 17.9 Å². The van der Waals surface area contributed by atoms with E-state index in [1.165, 1.54) is 6.20 Å². The van der Waals surface area contributed by atoms with Crippen molar-refractivity contribution in [2.45, 2.75) is 19.4 Å². The summed E-state index contributed by atoms with van der Waals surface area (Å²) in [5.41, 5.74) is 1.58. The highest BCUT2D eigenvalue weighted by Gasteiger charge is 2.31. The molecule has 0 aromatic heterocycles. The number of hydrogen-bond donors (Lipinski definition) is 1. The number of amides is 1. The van der Waals surface area contributed by atoms with Gasteiger partial charge in [0.15, 0.2) is 9.84 Å². The average Bonchev–Trinajstić information content (AvgIpc) is 2.97. The summed E-state index contributed by atoms with van der Waals surface area (Å²) in [6, 6.07) is 8.88. The third kappa shape index (κ3) is 5.58. The molecule has 1 atom stereocenters. The van der Waals surface area contributed by atoms with E-state index in [4.69, 9.17) is 4.74 Å². The molecule has 0 bridgehead atoms. The molecule has 1 N–H and O–H groups in total. The molecule has 1 amide bonds. The standard InChI is InChI=1S/C18H23N3O4S/c1-14-3-5-16(6-4-14)20-18(22)15(11-19)12-21(8-9-25-2)17-7-10-26(23,24)13-17/h3-6,12,17H,7-10,13H2,1-2H3,(H,20,22)/b15-12-. The molecule has 0 aliphatic carbocycles. The molecule has 1 aliphatic rings. The monoisotopic (exact) mass is 377 g/mol. The van der Waals surface area contributed by atoms with E-state index < -0.39 is 15.7 Å².